The molecule has 7 nitrogen and oxygen atoms in total. The maximum Gasteiger partial charge on any atom is 0.292 e. The number of aryl methyl sites for hydroxylation is 2. The molecule has 1 saturated heterocycles. The van der Waals surface area contributed by atoms with Gasteiger partial charge in [0.2, 0.25) is 5.76 Å². The third-order valence-electron chi connectivity index (χ3n) is 4.40. The molecule has 1 amide bonds. The second-order valence-corrected chi connectivity index (χ2v) is 7.21. The lowest BCUT2D eigenvalue weighted by atomic mass is 10.1. The Balaban J connectivity index is 1.55. The molecule has 0 saturated carbocycles. The summed E-state index contributed by atoms with van der Waals surface area (Å²) in [5.41, 5.74) is 2.78. The number of carbonyl (C=O) groups is 1. The highest BCUT2D eigenvalue weighted by atomic mass is 16.5. The normalized spacial score (nSPS) is 17.7. The third-order valence-corrected chi connectivity index (χ3v) is 4.40. The van der Waals surface area contributed by atoms with Crippen LogP contribution in [0, 0.1) is 12.8 Å². The van der Waals surface area contributed by atoms with Gasteiger partial charge < -0.3 is 14.2 Å². The Bertz CT molecular complexity index is 744. The van der Waals surface area contributed by atoms with E-state index in [2.05, 4.69) is 29.0 Å². The molecule has 0 aromatic carbocycles. The summed E-state index contributed by atoms with van der Waals surface area (Å²) >= 11 is 0. The maximum absolute atomic E-state index is 12.7. The monoisotopic (exact) mass is 358 g/mol. The first-order valence-electron chi connectivity index (χ1n) is 9.15. The molecule has 0 spiro atoms. The van der Waals surface area contributed by atoms with Crippen molar-refractivity contribution in [3.8, 4) is 0 Å². The smallest absolute Gasteiger partial charge is 0.292 e. The standard InChI is InChI=1S/C19H26N4O3/c1-13(2)8-16-10-18(26-22-16)19(24)23-6-7-25-17(11-23)5-4-15-9-14(3)20-12-21-15/h9-10,12-13,17H,4-8,11H2,1-3H3/t17-/m0/s1. The lowest BCUT2D eigenvalue weighted by Gasteiger charge is -2.32. The van der Waals surface area contributed by atoms with Crippen LogP contribution < -0.4 is 0 Å². The first-order valence-corrected chi connectivity index (χ1v) is 9.15. The Morgan fingerprint density at radius 1 is 1.31 bits per heavy atom. The summed E-state index contributed by atoms with van der Waals surface area (Å²) in [6.07, 6.45) is 4.01. The number of nitrogens with zero attached hydrogens (tertiary/aromatic N) is 4. The van der Waals surface area contributed by atoms with Gasteiger partial charge in [-0.2, -0.15) is 0 Å². The van der Waals surface area contributed by atoms with Gasteiger partial charge in [0, 0.05) is 30.5 Å². The second kappa shape index (κ2) is 8.40. The predicted octanol–water partition coefficient (Wildman–Crippen LogP) is 2.45. The van der Waals surface area contributed by atoms with Crippen LogP contribution in [0.2, 0.25) is 0 Å². The van der Waals surface area contributed by atoms with Gasteiger partial charge in [-0.25, -0.2) is 9.97 Å². The molecule has 1 aliphatic rings. The first kappa shape index (κ1) is 18.5. The van der Waals surface area contributed by atoms with Gasteiger partial charge >= 0.3 is 0 Å². The quantitative estimate of drug-likeness (QED) is 0.789. The molecule has 2 aromatic rings. The average Bonchev–Trinajstić information content (AvgIpc) is 3.07. The van der Waals surface area contributed by atoms with Crippen molar-refractivity contribution in [1.29, 1.82) is 0 Å². The molecule has 7 heteroatoms. The summed E-state index contributed by atoms with van der Waals surface area (Å²) in [6, 6.07) is 3.74. The van der Waals surface area contributed by atoms with Gasteiger partial charge in [0.15, 0.2) is 0 Å². The fourth-order valence-corrected chi connectivity index (χ4v) is 3.12. The number of carbonyl (C=O) groups excluding carboxylic acids is 1. The van der Waals surface area contributed by atoms with Crippen molar-refractivity contribution in [3.05, 3.63) is 41.3 Å². The van der Waals surface area contributed by atoms with Crippen LogP contribution >= 0.6 is 0 Å². The third kappa shape index (κ3) is 4.88. The minimum Gasteiger partial charge on any atom is -0.375 e. The molecule has 3 heterocycles. The number of amides is 1. The van der Waals surface area contributed by atoms with Gasteiger partial charge in [-0.3, -0.25) is 4.79 Å². The van der Waals surface area contributed by atoms with Crippen LogP contribution in [-0.2, 0) is 17.6 Å². The first-order chi connectivity index (χ1) is 12.5. The van der Waals surface area contributed by atoms with E-state index in [1.165, 1.54) is 0 Å². The molecule has 2 aromatic heterocycles. The molecule has 0 unspecified atom stereocenters. The molecule has 0 radical (unpaired) electrons. The highest BCUT2D eigenvalue weighted by Crippen LogP contribution is 2.16. The summed E-state index contributed by atoms with van der Waals surface area (Å²) in [4.78, 5) is 22.9. The van der Waals surface area contributed by atoms with Gasteiger partial charge in [-0.15, -0.1) is 0 Å². The van der Waals surface area contributed by atoms with Crippen molar-refractivity contribution < 1.29 is 14.1 Å². The molecule has 1 fully saturated rings. The number of rotatable bonds is 6. The molecule has 26 heavy (non-hydrogen) atoms. The maximum atomic E-state index is 12.7. The van der Waals surface area contributed by atoms with Crippen LogP contribution in [0.3, 0.4) is 0 Å². The van der Waals surface area contributed by atoms with E-state index in [9.17, 15) is 4.79 Å². The van der Waals surface area contributed by atoms with Crippen molar-refractivity contribution in [2.75, 3.05) is 19.7 Å². The number of ether oxygens (including phenoxy) is 1. The average molecular weight is 358 g/mol. The zero-order valence-corrected chi connectivity index (χ0v) is 15.6. The van der Waals surface area contributed by atoms with Gasteiger partial charge in [0.1, 0.15) is 6.33 Å². The number of morpholine rings is 1. The molecule has 3 rings (SSSR count). The fraction of sp³-hybridized carbons (Fsp3) is 0.579. The van der Waals surface area contributed by atoms with Gasteiger partial charge in [-0.1, -0.05) is 19.0 Å². The van der Waals surface area contributed by atoms with Gasteiger partial charge in [0.05, 0.1) is 18.4 Å². The number of aromatic nitrogens is 3. The summed E-state index contributed by atoms with van der Waals surface area (Å²) in [6.45, 7) is 7.84. The zero-order valence-electron chi connectivity index (χ0n) is 15.6. The summed E-state index contributed by atoms with van der Waals surface area (Å²) < 4.78 is 11.1. The van der Waals surface area contributed by atoms with E-state index in [1.807, 2.05) is 13.0 Å². The Hall–Kier alpha value is -2.28. The van der Waals surface area contributed by atoms with E-state index in [-0.39, 0.29) is 12.0 Å². The number of hydrogen-bond acceptors (Lipinski definition) is 6. The molecule has 0 bridgehead atoms. The van der Waals surface area contributed by atoms with E-state index in [1.54, 1.807) is 17.3 Å². The Morgan fingerprint density at radius 3 is 2.92 bits per heavy atom. The minimum absolute atomic E-state index is 0.000951. The zero-order chi connectivity index (χ0) is 18.5. The molecule has 0 N–H and O–H groups in total. The topological polar surface area (TPSA) is 81.4 Å². The Labute approximate surface area is 153 Å². The second-order valence-electron chi connectivity index (χ2n) is 7.21. The van der Waals surface area contributed by atoms with Crippen molar-refractivity contribution in [1.82, 2.24) is 20.0 Å². The van der Waals surface area contributed by atoms with Gasteiger partial charge in [-0.05, 0) is 38.2 Å². The Kier molecular flexibility index (Phi) is 5.98. The Morgan fingerprint density at radius 2 is 2.15 bits per heavy atom. The van der Waals surface area contributed by atoms with Crippen molar-refractivity contribution in [2.24, 2.45) is 5.92 Å². The molecule has 1 atom stereocenters. The lowest BCUT2D eigenvalue weighted by Crippen LogP contribution is -2.45. The molecular formula is C19H26N4O3. The van der Waals surface area contributed by atoms with E-state index in [0.717, 1.165) is 36.3 Å². The SMILES string of the molecule is Cc1cc(CC[C@H]2CN(C(=O)c3cc(CC(C)C)no3)CCO2)ncn1. The van der Waals surface area contributed by atoms with Crippen LogP contribution in [0.4, 0.5) is 0 Å². The lowest BCUT2D eigenvalue weighted by molar-refractivity contribution is -0.0258. The van der Waals surface area contributed by atoms with E-state index >= 15 is 0 Å². The summed E-state index contributed by atoms with van der Waals surface area (Å²) in [5.74, 6) is 0.674. The fourth-order valence-electron chi connectivity index (χ4n) is 3.12. The molecular weight excluding hydrogens is 332 g/mol. The van der Waals surface area contributed by atoms with Crippen molar-refractivity contribution >= 4 is 5.91 Å². The highest BCUT2D eigenvalue weighted by Gasteiger charge is 2.27. The van der Waals surface area contributed by atoms with Crippen molar-refractivity contribution in [2.45, 2.75) is 46.1 Å². The van der Waals surface area contributed by atoms with Gasteiger partial charge in [0.25, 0.3) is 5.91 Å². The van der Waals surface area contributed by atoms with E-state index in [0.29, 0.717) is 31.4 Å². The summed E-state index contributed by atoms with van der Waals surface area (Å²) in [7, 11) is 0. The van der Waals surface area contributed by atoms with Crippen LogP contribution in [0.5, 0.6) is 0 Å². The van der Waals surface area contributed by atoms with Crippen LogP contribution in [0.25, 0.3) is 0 Å². The molecule has 1 aliphatic heterocycles. The van der Waals surface area contributed by atoms with E-state index in [4.69, 9.17) is 9.26 Å². The van der Waals surface area contributed by atoms with Crippen LogP contribution in [0.1, 0.15) is 47.9 Å². The largest absolute Gasteiger partial charge is 0.375 e. The van der Waals surface area contributed by atoms with Crippen LogP contribution in [0.15, 0.2) is 23.0 Å². The van der Waals surface area contributed by atoms with Crippen LogP contribution in [-0.4, -0.2) is 51.7 Å². The highest BCUT2D eigenvalue weighted by molar-refractivity contribution is 5.91. The predicted molar refractivity (Wildman–Crippen MR) is 95.8 cm³/mol. The molecule has 0 aliphatic carbocycles. The number of hydrogen-bond donors (Lipinski definition) is 0. The minimum atomic E-state index is -0.112. The molecule has 140 valence electrons. The van der Waals surface area contributed by atoms with E-state index < -0.39 is 0 Å². The van der Waals surface area contributed by atoms with Crippen molar-refractivity contribution in [3.63, 3.8) is 0 Å². The summed E-state index contributed by atoms with van der Waals surface area (Å²) in [5, 5.41) is 4.01.